The number of aromatic nitrogens is 2. The molecule has 0 unspecified atom stereocenters. The Morgan fingerprint density at radius 2 is 1.85 bits per heavy atom. The zero-order valence-electron chi connectivity index (χ0n) is 10.7. The number of rotatable bonds is 2. The fourth-order valence-corrected chi connectivity index (χ4v) is 1.97. The summed E-state index contributed by atoms with van der Waals surface area (Å²) in [6, 6.07) is 4.90. The van der Waals surface area contributed by atoms with Crippen molar-refractivity contribution < 1.29 is 13.2 Å². The molecule has 0 aliphatic heterocycles. The van der Waals surface area contributed by atoms with Crippen molar-refractivity contribution in [2.24, 2.45) is 0 Å². The molecule has 2 aromatic rings. The molecule has 0 spiro atoms. The minimum atomic E-state index is -4.41. The van der Waals surface area contributed by atoms with Crippen LogP contribution in [0.2, 0.25) is 0 Å². The lowest BCUT2D eigenvalue weighted by Crippen LogP contribution is -2.08. The average molecular weight is 282 g/mol. The van der Waals surface area contributed by atoms with E-state index in [0.29, 0.717) is 23.2 Å². The van der Waals surface area contributed by atoms with Crippen LogP contribution in [0, 0.1) is 0 Å². The maximum absolute atomic E-state index is 12.7. The molecule has 7 heteroatoms. The van der Waals surface area contributed by atoms with Gasteiger partial charge in [-0.2, -0.15) is 18.2 Å². The molecular formula is C13H13F3N4. The van der Waals surface area contributed by atoms with E-state index >= 15 is 0 Å². The van der Waals surface area contributed by atoms with Crippen molar-refractivity contribution in [3.63, 3.8) is 0 Å². The zero-order chi connectivity index (χ0) is 14.9. The molecule has 2 rings (SSSR count). The van der Waals surface area contributed by atoms with E-state index in [0.717, 1.165) is 12.1 Å². The summed E-state index contributed by atoms with van der Waals surface area (Å²) in [5.41, 5.74) is 11.8. The minimum Gasteiger partial charge on any atom is -0.383 e. The predicted octanol–water partition coefficient (Wildman–Crippen LogP) is 2.89. The molecule has 1 aromatic heterocycles. The Balaban J connectivity index is 2.63. The van der Waals surface area contributed by atoms with Gasteiger partial charge in [-0.15, -0.1) is 0 Å². The summed E-state index contributed by atoms with van der Waals surface area (Å²) in [6.07, 6.45) is -3.92. The molecule has 4 nitrogen and oxygen atoms in total. The lowest BCUT2D eigenvalue weighted by Gasteiger charge is -2.13. The number of aryl methyl sites for hydroxylation is 1. The molecule has 20 heavy (non-hydrogen) atoms. The van der Waals surface area contributed by atoms with Gasteiger partial charge in [-0.25, -0.2) is 4.98 Å². The normalized spacial score (nSPS) is 11.6. The first-order chi connectivity index (χ1) is 9.32. The van der Waals surface area contributed by atoms with Crippen LogP contribution in [0.5, 0.6) is 0 Å². The third-order valence-corrected chi connectivity index (χ3v) is 2.84. The summed E-state index contributed by atoms with van der Waals surface area (Å²) in [7, 11) is 0. The van der Waals surface area contributed by atoms with Crippen LogP contribution in [0.3, 0.4) is 0 Å². The molecule has 1 aromatic carbocycles. The highest BCUT2D eigenvalue weighted by atomic mass is 19.4. The van der Waals surface area contributed by atoms with Crippen LogP contribution in [-0.4, -0.2) is 9.97 Å². The molecule has 106 valence electrons. The standard InChI is InChI=1S/C13H13F3N4/c1-2-9-10(11(17)20-12(18)19-9)7-4-3-5-8(6-7)13(14,15)16/h3-6H,2H2,1H3,(H4,17,18,19,20). The highest BCUT2D eigenvalue weighted by molar-refractivity contribution is 5.77. The largest absolute Gasteiger partial charge is 0.416 e. The van der Waals surface area contributed by atoms with Crippen molar-refractivity contribution in [1.29, 1.82) is 0 Å². The molecule has 0 fully saturated rings. The summed E-state index contributed by atoms with van der Waals surface area (Å²) in [5.74, 6) is 0.0868. The van der Waals surface area contributed by atoms with Gasteiger partial charge in [0.25, 0.3) is 0 Å². The number of nitrogen functional groups attached to an aromatic ring is 2. The summed E-state index contributed by atoms with van der Waals surface area (Å²) in [4.78, 5) is 7.84. The third-order valence-electron chi connectivity index (χ3n) is 2.84. The van der Waals surface area contributed by atoms with E-state index in [4.69, 9.17) is 11.5 Å². The molecule has 0 saturated heterocycles. The number of halogens is 3. The predicted molar refractivity (Wildman–Crippen MR) is 70.7 cm³/mol. The first-order valence-electron chi connectivity index (χ1n) is 5.92. The van der Waals surface area contributed by atoms with Gasteiger partial charge in [0.2, 0.25) is 5.95 Å². The van der Waals surface area contributed by atoms with Crippen molar-refractivity contribution in [3.05, 3.63) is 35.5 Å². The minimum absolute atomic E-state index is 0.00933. The second-order valence-electron chi connectivity index (χ2n) is 4.22. The highest BCUT2D eigenvalue weighted by Crippen LogP contribution is 2.34. The van der Waals surface area contributed by atoms with Gasteiger partial charge >= 0.3 is 6.18 Å². The summed E-state index contributed by atoms with van der Waals surface area (Å²) in [6.45, 7) is 1.82. The summed E-state index contributed by atoms with van der Waals surface area (Å²) in [5, 5.41) is 0. The number of alkyl halides is 3. The Labute approximate surface area is 113 Å². The van der Waals surface area contributed by atoms with Crippen molar-refractivity contribution in [2.75, 3.05) is 11.5 Å². The highest BCUT2D eigenvalue weighted by Gasteiger charge is 2.30. The molecule has 4 N–H and O–H groups in total. The van der Waals surface area contributed by atoms with Crippen LogP contribution in [0.15, 0.2) is 24.3 Å². The van der Waals surface area contributed by atoms with E-state index in [9.17, 15) is 13.2 Å². The lowest BCUT2D eigenvalue weighted by atomic mass is 10.0. The van der Waals surface area contributed by atoms with E-state index in [1.54, 1.807) is 6.07 Å². The van der Waals surface area contributed by atoms with Gasteiger partial charge < -0.3 is 11.5 Å². The van der Waals surface area contributed by atoms with Gasteiger partial charge in [-0.1, -0.05) is 19.1 Å². The molecule has 0 aliphatic carbocycles. The van der Waals surface area contributed by atoms with Gasteiger partial charge in [0, 0.05) is 5.56 Å². The summed E-state index contributed by atoms with van der Waals surface area (Å²) >= 11 is 0. The van der Waals surface area contributed by atoms with E-state index < -0.39 is 11.7 Å². The molecular weight excluding hydrogens is 269 g/mol. The molecule has 0 amide bonds. The van der Waals surface area contributed by atoms with Crippen LogP contribution in [0.1, 0.15) is 18.2 Å². The Hall–Kier alpha value is -2.31. The number of benzene rings is 1. The van der Waals surface area contributed by atoms with Crippen LogP contribution < -0.4 is 11.5 Å². The zero-order valence-corrected chi connectivity index (χ0v) is 10.7. The van der Waals surface area contributed by atoms with Gasteiger partial charge in [0.1, 0.15) is 5.82 Å². The Bertz CT molecular complexity index is 638. The quantitative estimate of drug-likeness (QED) is 0.887. The number of nitrogens with two attached hydrogens (primary N) is 2. The smallest absolute Gasteiger partial charge is 0.383 e. The first-order valence-corrected chi connectivity index (χ1v) is 5.92. The van der Waals surface area contributed by atoms with E-state index in [1.807, 2.05) is 6.92 Å². The number of nitrogens with zero attached hydrogens (tertiary/aromatic N) is 2. The average Bonchev–Trinajstić information content (AvgIpc) is 2.36. The maximum atomic E-state index is 12.7. The number of hydrogen-bond donors (Lipinski definition) is 2. The van der Waals surface area contributed by atoms with Gasteiger partial charge in [-0.3, -0.25) is 0 Å². The van der Waals surface area contributed by atoms with E-state index in [2.05, 4.69) is 9.97 Å². The van der Waals surface area contributed by atoms with Crippen molar-refractivity contribution in [3.8, 4) is 11.1 Å². The number of anilines is 2. The Morgan fingerprint density at radius 1 is 1.15 bits per heavy atom. The van der Waals surface area contributed by atoms with E-state index in [1.165, 1.54) is 6.07 Å². The molecule has 0 atom stereocenters. The van der Waals surface area contributed by atoms with Crippen molar-refractivity contribution >= 4 is 11.8 Å². The topological polar surface area (TPSA) is 77.8 Å². The van der Waals surface area contributed by atoms with E-state index in [-0.39, 0.29) is 11.8 Å². The van der Waals surface area contributed by atoms with Gasteiger partial charge in [-0.05, 0) is 24.1 Å². The molecule has 0 bridgehead atoms. The Kier molecular flexibility index (Phi) is 3.52. The van der Waals surface area contributed by atoms with Gasteiger partial charge in [0.05, 0.1) is 11.3 Å². The SMILES string of the molecule is CCc1nc(N)nc(N)c1-c1cccc(C(F)(F)F)c1. The fourth-order valence-electron chi connectivity index (χ4n) is 1.97. The monoisotopic (exact) mass is 282 g/mol. The molecule has 0 radical (unpaired) electrons. The molecule has 1 heterocycles. The second kappa shape index (κ2) is 4.99. The Morgan fingerprint density at radius 3 is 2.45 bits per heavy atom. The van der Waals surface area contributed by atoms with Crippen LogP contribution in [-0.2, 0) is 12.6 Å². The van der Waals surface area contributed by atoms with Crippen molar-refractivity contribution in [1.82, 2.24) is 9.97 Å². The van der Waals surface area contributed by atoms with Crippen LogP contribution in [0.25, 0.3) is 11.1 Å². The van der Waals surface area contributed by atoms with Crippen LogP contribution in [0.4, 0.5) is 24.9 Å². The van der Waals surface area contributed by atoms with Gasteiger partial charge in [0.15, 0.2) is 0 Å². The number of hydrogen-bond acceptors (Lipinski definition) is 4. The third kappa shape index (κ3) is 2.66. The maximum Gasteiger partial charge on any atom is 0.416 e. The lowest BCUT2D eigenvalue weighted by molar-refractivity contribution is -0.137. The second-order valence-corrected chi connectivity index (χ2v) is 4.22. The van der Waals surface area contributed by atoms with Crippen molar-refractivity contribution in [2.45, 2.75) is 19.5 Å². The first kappa shape index (κ1) is 14.1. The molecule has 0 saturated carbocycles. The summed E-state index contributed by atoms with van der Waals surface area (Å²) < 4.78 is 38.2. The fraction of sp³-hybridized carbons (Fsp3) is 0.231. The van der Waals surface area contributed by atoms with Crippen LogP contribution >= 0.6 is 0 Å². The molecule has 0 aliphatic rings.